The topological polar surface area (TPSA) is 60.2 Å². The Bertz CT molecular complexity index is 461. The molecule has 0 amide bonds. The van der Waals surface area contributed by atoms with Crippen LogP contribution in [0, 0.1) is 13.8 Å². The van der Waals surface area contributed by atoms with Gasteiger partial charge in [-0.3, -0.25) is 4.98 Å². The van der Waals surface area contributed by atoms with Crippen molar-refractivity contribution in [3.8, 4) is 0 Å². The summed E-state index contributed by atoms with van der Waals surface area (Å²) in [5.41, 5.74) is 9.46. The van der Waals surface area contributed by atoms with E-state index in [9.17, 15) is 0 Å². The lowest BCUT2D eigenvalue weighted by atomic mass is 10.1. The van der Waals surface area contributed by atoms with E-state index in [1.54, 1.807) is 0 Å². The van der Waals surface area contributed by atoms with Crippen LogP contribution in [0.1, 0.15) is 43.6 Å². The molecule has 0 aromatic carbocycles. The van der Waals surface area contributed by atoms with E-state index in [1.165, 1.54) is 0 Å². The van der Waals surface area contributed by atoms with E-state index < -0.39 is 0 Å². The molecule has 0 unspecified atom stereocenters. The Morgan fingerprint density at radius 1 is 1.40 bits per heavy atom. The van der Waals surface area contributed by atoms with Crippen LogP contribution in [-0.4, -0.2) is 29.2 Å². The van der Waals surface area contributed by atoms with Crippen molar-refractivity contribution in [2.24, 2.45) is 5.73 Å². The second-order valence-electron chi connectivity index (χ2n) is 5.19. The maximum atomic E-state index is 5.78. The predicted molar refractivity (Wildman–Crippen MR) is 88.4 cm³/mol. The van der Waals surface area contributed by atoms with Crippen LogP contribution >= 0.6 is 12.2 Å². The fourth-order valence-corrected chi connectivity index (χ4v) is 2.31. The first-order chi connectivity index (χ1) is 9.41. The molecule has 0 bridgehead atoms. The lowest BCUT2D eigenvalue weighted by Crippen LogP contribution is -2.17. The van der Waals surface area contributed by atoms with Crippen LogP contribution in [0.25, 0.3) is 0 Å². The Balaban J connectivity index is 2.53. The maximum Gasteiger partial charge on any atom is 0.107 e. The van der Waals surface area contributed by atoms with Crippen LogP contribution in [-0.2, 0) is 4.74 Å². The molecule has 0 aliphatic heterocycles. The molecule has 3 N–H and O–H groups in total. The van der Waals surface area contributed by atoms with E-state index in [-0.39, 0.29) is 0 Å². The van der Waals surface area contributed by atoms with Gasteiger partial charge < -0.3 is 15.8 Å². The minimum absolute atomic E-state index is 0.301. The van der Waals surface area contributed by atoms with Gasteiger partial charge in [0.2, 0.25) is 0 Å². The van der Waals surface area contributed by atoms with Crippen LogP contribution in [0.4, 0.5) is 5.69 Å². The van der Waals surface area contributed by atoms with Crippen molar-refractivity contribution in [2.75, 3.05) is 18.5 Å². The van der Waals surface area contributed by atoms with Crippen molar-refractivity contribution >= 4 is 22.9 Å². The Labute approximate surface area is 127 Å². The zero-order valence-corrected chi connectivity index (χ0v) is 13.6. The molecule has 0 saturated carbocycles. The molecule has 112 valence electrons. The second-order valence-corrected chi connectivity index (χ2v) is 5.63. The summed E-state index contributed by atoms with van der Waals surface area (Å²) in [6, 6.07) is 1.99. The Kier molecular flexibility index (Phi) is 6.88. The summed E-state index contributed by atoms with van der Waals surface area (Å²) >= 11 is 5.11. The standard InChI is InChI=1S/C15H25N3OS/c1-10(2)19-8-6-5-7-17-13-9-11(3)18-12(4)14(13)15(16)20/h9-10H,5-8H2,1-4H3,(H2,16,20)(H,17,18). The van der Waals surface area contributed by atoms with Gasteiger partial charge in [0.15, 0.2) is 0 Å². The number of ether oxygens (including phenoxy) is 1. The van der Waals surface area contributed by atoms with Gasteiger partial charge in [-0.15, -0.1) is 0 Å². The number of unbranched alkanes of at least 4 members (excludes halogenated alkanes) is 1. The van der Waals surface area contributed by atoms with Gasteiger partial charge in [-0.05, 0) is 46.6 Å². The van der Waals surface area contributed by atoms with Gasteiger partial charge in [0.1, 0.15) is 4.99 Å². The van der Waals surface area contributed by atoms with Crippen LogP contribution in [0.15, 0.2) is 6.07 Å². The molecule has 20 heavy (non-hydrogen) atoms. The average Bonchev–Trinajstić information content (AvgIpc) is 2.31. The maximum absolute atomic E-state index is 5.78. The molecule has 0 spiro atoms. The molecule has 0 radical (unpaired) electrons. The van der Waals surface area contributed by atoms with Gasteiger partial charge in [-0.25, -0.2) is 0 Å². The van der Waals surface area contributed by atoms with E-state index in [1.807, 2.05) is 19.9 Å². The SMILES string of the molecule is Cc1cc(NCCCCOC(C)C)c(C(N)=S)c(C)n1. The number of nitrogens with one attached hydrogen (secondary N) is 1. The molecule has 1 aromatic rings. The third kappa shape index (κ3) is 5.43. The highest BCUT2D eigenvalue weighted by molar-refractivity contribution is 7.80. The average molecular weight is 295 g/mol. The molecule has 5 heteroatoms. The van der Waals surface area contributed by atoms with Gasteiger partial charge in [0.25, 0.3) is 0 Å². The molecule has 1 rings (SSSR count). The minimum Gasteiger partial charge on any atom is -0.389 e. The third-order valence-electron chi connectivity index (χ3n) is 2.91. The molecule has 4 nitrogen and oxygen atoms in total. The van der Waals surface area contributed by atoms with E-state index in [4.69, 9.17) is 22.7 Å². The van der Waals surface area contributed by atoms with Gasteiger partial charge in [0, 0.05) is 30.2 Å². The number of pyridine rings is 1. The molecular formula is C15H25N3OS. The van der Waals surface area contributed by atoms with Crippen LogP contribution < -0.4 is 11.1 Å². The quantitative estimate of drug-likeness (QED) is 0.570. The molecule has 0 aliphatic rings. The zero-order chi connectivity index (χ0) is 15.1. The van der Waals surface area contributed by atoms with Crippen molar-refractivity contribution in [2.45, 2.75) is 46.6 Å². The first-order valence-electron chi connectivity index (χ1n) is 7.05. The van der Waals surface area contributed by atoms with Gasteiger partial charge in [-0.1, -0.05) is 12.2 Å². The molecule has 1 heterocycles. The summed E-state index contributed by atoms with van der Waals surface area (Å²) in [6.07, 6.45) is 2.38. The first-order valence-corrected chi connectivity index (χ1v) is 7.46. The highest BCUT2D eigenvalue weighted by atomic mass is 32.1. The van der Waals surface area contributed by atoms with E-state index in [2.05, 4.69) is 24.1 Å². The van der Waals surface area contributed by atoms with Gasteiger partial charge >= 0.3 is 0 Å². The number of hydrogen-bond acceptors (Lipinski definition) is 4. The Morgan fingerprint density at radius 2 is 2.10 bits per heavy atom. The fraction of sp³-hybridized carbons (Fsp3) is 0.600. The zero-order valence-electron chi connectivity index (χ0n) is 12.8. The predicted octanol–water partition coefficient (Wildman–Crippen LogP) is 2.95. The van der Waals surface area contributed by atoms with Crippen molar-refractivity contribution < 1.29 is 4.74 Å². The number of nitrogens with two attached hydrogens (primary N) is 1. The lowest BCUT2D eigenvalue weighted by molar-refractivity contribution is 0.0765. The molecular weight excluding hydrogens is 270 g/mol. The number of nitrogens with zero attached hydrogens (tertiary/aromatic N) is 1. The highest BCUT2D eigenvalue weighted by Gasteiger charge is 2.10. The van der Waals surface area contributed by atoms with Crippen molar-refractivity contribution in [3.05, 3.63) is 23.0 Å². The van der Waals surface area contributed by atoms with Crippen molar-refractivity contribution in [3.63, 3.8) is 0 Å². The summed E-state index contributed by atoms with van der Waals surface area (Å²) in [4.78, 5) is 4.79. The number of aromatic nitrogens is 1. The molecule has 0 aliphatic carbocycles. The number of hydrogen-bond donors (Lipinski definition) is 2. The Hall–Kier alpha value is -1.20. The Morgan fingerprint density at radius 3 is 2.70 bits per heavy atom. The van der Waals surface area contributed by atoms with Crippen LogP contribution in [0.5, 0.6) is 0 Å². The van der Waals surface area contributed by atoms with Crippen molar-refractivity contribution in [1.82, 2.24) is 4.98 Å². The van der Waals surface area contributed by atoms with Crippen LogP contribution in [0.2, 0.25) is 0 Å². The van der Waals surface area contributed by atoms with E-state index >= 15 is 0 Å². The smallest absolute Gasteiger partial charge is 0.107 e. The summed E-state index contributed by atoms with van der Waals surface area (Å²) < 4.78 is 5.52. The summed E-state index contributed by atoms with van der Waals surface area (Å²) in [7, 11) is 0. The number of anilines is 1. The molecule has 0 fully saturated rings. The highest BCUT2D eigenvalue weighted by Crippen LogP contribution is 2.19. The first kappa shape index (κ1) is 16.9. The third-order valence-corrected chi connectivity index (χ3v) is 3.12. The molecule has 0 saturated heterocycles. The van der Waals surface area contributed by atoms with E-state index in [0.29, 0.717) is 11.1 Å². The van der Waals surface area contributed by atoms with Crippen LogP contribution in [0.3, 0.4) is 0 Å². The second kappa shape index (κ2) is 8.17. The van der Waals surface area contributed by atoms with Crippen molar-refractivity contribution in [1.29, 1.82) is 0 Å². The van der Waals surface area contributed by atoms with Gasteiger partial charge in [-0.2, -0.15) is 0 Å². The molecule has 1 aromatic heterocycles. The normalized spacial score (nSPS) is 10.8. The largest absolute Gasteiger partial charge is 0.389 e. The fourth-order valence-electron chi connectivity index (χ4n) is 2.05. The number of thiocarbonyl (C=S) groups is 1. The number of aryl methyl sites for hydroxylation is 2. The summed E-state index contributed by atoms with van der Waals surface area (Å²) in [6.45, 7) is 9.68. The molecule has 0 atom stereocenters. The minimum atomic E-state index is 0.301. The summed E-state index contributed by atoms with van der Waals surface area (Å²) in [5.74, 6) is 0. The van der Waals surface area contributed by atoms with Gasteiger partial charge in [0.05, 0.1) is 11.7 Å². The van der Waals surface area contributed by atoms with E-state index in [0.717, 1.165) is 48.6 Å². The summed E-state index contributed by atoms with van der Waals surface area (Å²) in [5, 5.41) is 3.40. The number of rotatable bonds is 8. The lowest BCUT2D eigenvalue weighted by Gasteiger charge is -2.14. The monoisotopic (exact) mass is 295 g/mol.